The minimum atomic E-state index is -0.820. The molecule has 1 saturated heterocycles. The Morgan fingerprint density at radius 1 is 1.23 bits per heavy atom. The van der Waals surface area contributed by atoms with Gasteiger partial charge in [-0.25, -0.2) is 19.3 Å². The van der Waals surface area contributed by atoms with E-state index in [2.05, 4.69) is 25.3 Å². The standard InChI is InChI=1S/C24H26ClFN6O3/c25-16-7-17-18(10-29-20(17)28-9-16)21-30-11-19(26)22(31-21)27-8-13-2-1-5-32(12-13)23(33)14-3-4-15(6-14)24(34)35/h7,9-11,13-15H,1-6,8,12H2,(H,28,29)(H,34,35)(H,27,30,31)/t13-,14?,15+/m1/s1. The van der Waals surface area contributed by atoms with Gasteiger partial charge in [-0.05, 0) is 44.1 Å². The first kappa shape index (κ1) is 23.5. The predicted molar refractivity (Wildman–Crippen MR) is 128 cm³/mol. The Morgan fingerprint density at radius 2 is 2.06 bits per heavy atom. The zero-order valence-electron chi connectivity index (χ0n) is 19.0. The van der Waals surface area contributed by atoms with Crippen LogP contribution in [-0.4, -0.2) is 61.5 Å². The molecule has 0 radical (unpaired) electrons. The molecule has 1 amide bonds. The fourth-order valence-electron chi connectivity index (χ4n) is 5.14. The average Bonchev–Trinajstić information content (AvgIpc) is 3.51. The molecule has 9 nitrogen and oxygen atoms in total. The second-order valence-electron chi connectivity index (χ2n) is 9.36. The van der Waals surface area contributed by atoms with Crippen LogP contribution in [0.1, 0.15) is 32.1 Å². The number of likely N-dealkylation sites (tertiary alicyclic amines) is 1. The molecule has 5 rings (SSSR count). The molecule has 4 heterocycles. The monoisotopic (exact) mass is 500 g/mol. The summed E-state index contributed by atoms with van der Waals surface area (Å²) in [5.41, 5.74) is 1.31. The van der Waals surface area contributed by atoms with Gasteiger partial charge in [0.2, 0.25) is 5.91 Å². The number of amides is 1. The van der Waals surface area contributed by atoms with E-state index in [1.165, 1.54) is 6.20 Å². The topological polar surface area (TPSA) is 124 Å². The molecule has 3 atom stereocenters. The number of nitrogens with one attached hydrogen (secondary N) is 2. The number of nitrogens with zero attached hydrogens (tertiary/aromatic N) is 4. The molecule has 11 heteroatoms. The number of aromatic nitrogens is 4. The van der Waals surface area contributed by atoms with Gasteiger partial charge in [0.15, 0.2) is 17.5 Å². The van der Waals surface area contributed by atoms with Crippen LogP contribution >= 0.6 is 11.6 Å². The van der Waals surface area contributed by atoms with E-state index >= 15 is 0 Å². The third-order valence-electron chi connectivity index (χ3n) is 7.00. The van der Waals surface area contributed by atoms with E-state index in [1.54, 1.807) is 12.3 Å². The third kappa shape index (κ3) is 4.93. The number of rotatable bonds is 6. The van der Waals surface area contributed by atoms with Crippen LogP contribution in [0.25, 0.3) is 22.4 Å². The Hall–Kier alpha value is -3.27. The van der Waals surface area contributed by atoms with Crippen molar-refractivity contribution in [3.8, 4) is 11.4 Å². The Morgan fingerprint density at radius 3 is 2.86 bits per heavy atom. The average molecular weight is 501 g/mol. The van der Waals surface area contributed by atoms with Crippen molar-refractivity contribution in [1.82, 2.24) is 24.8 Å². The highest BCUT2D eigenvalue weighted by Gasteiger charge is 2.37. The van der Waals surface area contributed by atoms with Crippen molar-refractivity contribution in [1.29, 1.82) is 0 Å². The van der Waals surface area contributed by atoms with E-state index in [0.717, 1.165) is 24.4 Å². The zero-order valence-corrected chi connectivity index (χ0v) is 19.8. The molecule has 3 aromatic rings. The number of carboxylic acids is 1. The first-order valence-electron chi connectivity index (χ1n) is 11.8. The van der Waals surface area contributed by atoms with Crippen LogP contribution in [0.5, 0.6) is 0 Å². The lowest BCUT2D eigenvalue weighted by atomic mass is 9.95. The Balaban J connectivity index is 1.24. The number of piperidine rings is 1. The van der Waals surface area contributed by atoms with Crippen molar-refractivity contribution in [2.24, 2.45) is 17.8 Å². The van der Waals surface area contributed by atoms with Crippen LogP contribution < -0.4 is 5.32 Å². The fourth-order valence-corrected chi connectivity index (χ4v) is 5.30. The lowest BCUT2D eigenvalue weighted by Gasteiger charge is -2.34. The summed E-state index contributed by atoms with van der Waals surface area (Å²) in [4.78, 5) is 41.9. The van der Waals surface area contributed by atoms with Gasteiger partial charge in [0.1, 0.15) is 5.65 Å². The van der Waals surface area contributed by atoms with Gasteiger partial charge in [-0.1, -0.05) is 11.6 Å². The van der Waals surface area contributed by atoms with Crippen LogP contribution in [0.4, 0.5) is 10.2 Å². The van der Waals surface area contributed by atoms with Gasteiger partial charge < -0.3 is 20.3 Å². The largest absolute Gasteiger partial charge is 0.481 e. The van der Waals surface area contributed by atoms with Crippen LogP contribution in [0.3, 0.4) is 0 Å². The smallest absolute Gasteiger partial charge is 0.306 e. The highest BCUT2D eigenvalue weighted by atomic mass is 35.5. The molecule has 35 heavy (non-hydrogen) atoms. The number of carboxylic acid groups (broad SMARTS) is 1. The minimum Gasteiger partial charge on any atom is -0.481 e. The van der Waals surface area contributed by atoms with Gasteiger partial charge in [-0.15, -0.1) is 0 Å². The first-order chi connectivity index (χ1) is 16.9. The normalized spacial score (nSPS) is 22.5. The van der Waals surface area contributed by atoms with Crippen molar-refractivity contribution in [3.05, 3.63) is 35.5 Å². The maximum absolute atomic E-state index is 14.5. The Kier molecular flexibility index (Phi) is 6.55. The van der Waals surface area contributed by atoms with Gasteiger partial charge in [-0.3, -0.25) is 9.59 Å². The van der Waals surface area contributed by atoms with Crippen LogP contribution in [0, 0.1) is 23.6 Å². The van der Waals surface area contributed by atoms with Gasteiger partial charge in [0, 0.05) is 48.9 Å². The van der Waals surface area contributed by atoms with Crippen molar-refractivity contribution < 1.29 is 19.1 Å². The van der Waals surface area contributed by atoms with Gasteiger partial charge in [0.05, 0.1) is 17.1 Å². The number of pyridine rings is 1. The highest BCUT2D eigenvalue weighted by Crippen LogP contribution is 2.33. The molecule has 0 aromatic carbocycles. The maximum atomic E-state index is 14.5. The number of H-pyrrole nitrogens is 1. The molecule has 1 aliphatic carbocycles. The number of aliphatic carboxylic acids is 1. The summed E-state index contributed by atoms with van der Waals surface area (Å²) in [6.07, 6.45) is 7.75. The van der Waals surface area contributed by atoms with Gasteiger partial charge in [0.25, 0.3) is 0 Å². The SMILES string of the molecule is O=C(O)[C@H]1CCC(C(=O)N2CCC[C@H](CNc3nc(-c4c[nH]c5ncc(Cl)cc45)ncc3F)C2)C1. The molecule has 184 valence electrons. The number of halogens is 2. The lowest BCUT2D eigenvalue weighted by molar-refractivity contribution is -0.142. The molecular formula is C24H26ClFN6O3. The molecule has 0 bridgehead atoms. The molecular weight excluding hydrogens is 475 g/mol. The highest BCUT2D eigenvalue weighted by molar-refractivity contribution is 6.31. The predicted octanol–water partition coefficient (Wildman–Crippen LogP) is 3.96. The van der Waals surface area contributed by atoms with E-state index in [9.17, 15) is 19.1 Å². The van der Waals surface area contributed by atoms with E-state index in [4.69, 9.17) is 11.6 Å². The fraction of sp³-hybridized carbons (Fsp3) is 0.458. The zero-order chi connectivity index (χ0) is 24.5. The number of hydrogen-bond acceptors (Lipinski definition) is 6. The van der Waals surface area contributed by atoms with E-state index in [1.807, 2.05) is 4.90 Å². The van der Waals surface area contributed by atoms with Crippen LogP contribution in [0.15, 0.2) is 24.7 Å². The summed E-state index contributed by atoms with van der Waals surface area (Å²) < 4.78 is 14.5. The van der Waals surface area contributed by atoms with E-state index in [0.29, 0.717) is 61.0 Å². The summed E-state index contributed by atoms with van der Waals surface area (Å²) in [6.45, 7) is 1.69. The van der Waals surface area contributed by atoms with E-state index in [-0.39, 0.29) is 23.6 Å². The molecule has 3 aromatic heterocycles. The number of fused-ring (bicyclic) bond motifs is 1. The molecule has 1 saturated carbocycles. The van der Waals surface area contributed by atoms with E-state index < -0.39 is 17.7 Å². The molecule has 3 N–H and O–H groups in total. The van der Waals surface area contributed by atoms with Crippen LogP contribution in [-0.2, 0) is 9.59 Å². The summed E-state index contributed by atoms with van der Waals surface area (Å²) in [5, 5.41) is 13.5. The number of anilines is 1. The van der Waals surface area contributed by atoms with Crippen molar-refractivity contribution in [3.63, 3.8) is 0 Å². The summed E-state index contributed by atoms with van der Waals surface area (Å²) in [7, 11) is 0. The minimum absolute atomic E-state index is 0.0422. The number of hydrogen-bond donors (Lipinski definition) is 3. The second kappa shape index (κ2) is 9.77. The Labute approximate surface area is 206 Å². The quantitative estimate of drug-likeness (QED) is 0.468. The van der Waals surface area contributed by atoms with Crippen LogP contribution in [0.2, 0.25) is 5.02 Å². The number of carbonyl (C=O) groups is 2. The molecule has 0 spiro atoms. The van der Waals surface area contributed by atoms with Crippen molar-refractivity contribution >= 4 is 40.3 Å². The molecule has 1 unspecified atom stereocenters. The molecule has 2 aliphatic rings. The Bertz CT molecular complexity index is 1270. The number of carbonyl (C=O) groups excluding carboxylic acids is 1. The maximum Gasteiger partial charge on any atom is 0.306 e. The molecule has 2 fully saturated rings. The summed E-state index contributed by atoms with van der Waals surface area (Å²) in [6, 6.07) is 1.76. The summed E-state index contributed by atoms with van der Waals surface area (Å²) in [5.74, 6) is -1.40. The van der Waals surface area contributed by atoms with Crippen molar-refractivity contribution in [2.45, 2.75) is 32.1 Å². The van der Waals surface area contributed by atoms with Crippen molar-refractivity contribution in [2.75, 3.05) is 25.0 Å². The summed E-state index contributed by atoms with van der Waals surface area (Å²) >= 11 is 6.08. The van der Waals surface area contributed by atoms with Gasteiger partial charge >= 0.3 is 5.97 Å². The number of aromatic amines is 1. The third-order valence-corrected chi connectivity index (χ3v) is 7.21. The van der Waals surface area contributed by atoms with Gasteiger partial charge in [-0.2, -0.15) is 0 Å². The molecule has 1 aliphatic heterocycles. The lowest BCUT2D eigenvalue weighted by Crippen LogP contribution is -2.44. The second-order valence-corrected chi connectivity index (χ2v) is 9.80. The first-order valence-corrected chi connectivity index (χ1v) is 12.2.